The zero-order valence-electron chi connectivity index (χ0n) is 10.2. The Morgan fingerprint density at radius 1 is 1.35 bits per heavy atom. The summed E-state index contributed by atoms with van der Waals surface area (Å²) >= 11 is 0. The third kappa shape index (κ3) is 3.77. The van der Waals surface area contributed by atoms with Crippen molar-refractivity contribution in [3.05, 3.63) is 35.4 Å². The molecule has 0 amide bonds. The molecule has 0 spiro atoms. The van der Waals surface area contributed by atoms with Gasteiger partial charge in [0.1, 0.15) is 0 Å². The maximum absolute atomic E-state index is 13.4. The quantitative estimate of drug-likeness (QED) is 0.803. The lowest BCUT2D eigenvalue weighted by atomic mass is 9.97. The van der Waals surface area contributed by atoms with Crippen LogP contribution in [0.3, 0.4) is 0 Å². The van der Waals surface area contributed by atoms with Crippen LogP contribution in [0.15, 0.2) is 18.2 Å². The van der Waals surface area contributed by atoms with Gasteiger partial charge in [-0.15, -0.1) is 0 Å². The molecule has 1 saturated carbocycles. The standard InChI is InChI=1S/C14H19F2N/c1-10(7-8-17-12-5-6-12)9-11-3-2-4-13(15)14(11)16/h2-4,10,12,17H,5-9H2,1H3. The molecule has 1 nitrogen and oxygen atoms in total. The normalized spacial score (nSPS) is 17.1. The van der Waals surface area contributed by atoms with E-state index in [2.05, 4.69) is 12.2 Å². The van der Waals surface area contributed by atoms with Crippen LogP contribution in [0.5, 0.6) is 0 Å². The Bertz CT molecular complexity index is 374. The van der Waals surface area contributed by atoms with Crippen LogP contribution in [-0.4, -0.2) is 12.6 Å². The van der Waals surface area contributed by atoms with Crippen molar-refractivity contribution >= 4 is 0 Å². The minimum Gasteiger partial charge on any atom is -0.314 e. The Hall–Kier alpha value is -0.960. The Morgan fingerprint density at radius 3 is 2.82 bits per heavy atom. The van der Waals surface area contributed by atoms with Crippen molar-refractivity contribution in [1.29, 1.82) is 0 Å². The molecule has 1 aromatic rings. The Kier molecular flexibility index (Phi) is 4.11. The van der Waals surface area contributed by atoms with Crippen LogP contribution in [0.2, 0.25) is 0 Å². The van der Waals surface area contributed by atoms with Gasteiger partial charge in [-0.3, -0.25) is 0 Å². The molecule has 0 aliphatic heterocycles. The predicted octanol–water partition coefficient (Wildman–Crippen LogP) is 3.29. The van der Waals surface area contributed by atoms with E-state index in [1.807, 2.05) is 0 Å². The molecule has 0 heterocycles. The van der Waals surface area contributed by atoms with Crippen LogP contribution < -0.4 is 5.32 Å². The second kappa shape index (κ2) is 5.58. The zero-order chi connectivity index (χ0) is 12.3. The predicted molar refractivity (Wildman–Crippen MR) is 64.9 cm³/mol. The summed E-state index contributed by atoms with van der Waals surface area (Å²) in [6.07, 6.45) is 4.18. The van der Waals surface area contributed by atoms with Crippen LogP contribution in [0, 0.1) is 17.6 Å². The Balaban J connectivity index is 1.79. The number of hydrogen-bond donors (Lipinski definition) is 1. The lowest BCUT2D eigenvalue weighted by molar-refractivity contribution is 0.463. The van der Waals surface area contributed by atoms with Crippen molar-refractivity contribution in [3.8, 4) is 0 Å². The van der Waals surface area contributed by atoms with Gasteiger partial charge in [0.05, 0.1) is 0 Å². The van der Waals surface area contributed by atoms with Gasteiger partial charge >= 0.3 is 0 Å². The fourth-order valence-electron chi connectivity index (χ4n) is 2.00. The van der Waals surface area contributed by atoms with E-state index >= 15 is 0 Å². The first-order chi connectivity index (χ1) is 8.16. The van der Waals surface area contributed by atoms with Crippen molar-refractivity contribution in [2.24, 2.45) is 5.92 Å². The van der Waals surface area contributed by atoms with Crippen molar-refractivity contribution in [1.82, 2.24) is 5.32 Å². The molecule has 94 valence electrons. The number of halogens is 2. The van der Waals surface area contributed by atoms with E-state index in [9.17, 15) is 8.78 Å². The highest BCUT2D eigenvalue weighted by Gasteiger charge is 2.20. The minimum atomic E-state index is -0.745. The zero-order valence-corrected chi connectivity index (χ0v) is 10.2. The lowest BCUT2D eigenvalue weighted by Gasteiger charge is -2.12. The fourth-order valence-corrected chi connectivity index (χ4v) is 2.00. The summed E-state index contributed by atoms with van der Waals surface area (Å²) in [7, 11) is 0. The minimum absolute atomic E-state index is 0.373. The van der Waals surface area contributed by atoms with Crippen molar-refractivity contribution in [2.45, 2.75) is 38.6 Å². The third-order valence-corrected chi connectivity index (χ3v) is 3.25. The molecule has 1 aromatic carbocycles. The van der Waals surface area contributed by atoms with Crippen molar-refractivity contribution < 1.29 is 8.78 Å². The smallest absolute Gasteiger partial charge is 0.162 e. The first-order valence-corrected chi connectivity index (χ1v) is 6.33. The van der Waals surface area contributed by atoms with Crippen LogP contribution in [0.4, 0.5) is 8.78 Å². The van der Waals surface area contributed by atoms with Crippen LogP contribution >= 0.6 is 0 Å². The van der Waals surface area contributed by atoms with E-state index in [0.717, 1.165) is 19.0 Å². The first-order valence-electron chi connectivity index (χ1n) is 6.33. The maximum atomic E-state index is 13.4. The van der Waals surface area contributed by atoms with Gasteiger partial charge in [-0.2, -0.15) is 0 Å². The third-order valence-electron chi connectivity index (χ3n) is 3.25. The molecule has 17 heavy (non-hydrogen) atoms. The van der Waals surface area contributed by atoms with E-state index in [0.29, 0.717) is 23.9 Å². The summed E-state index contributed by atoms with van der Waals surface area (Å²) < 4.78 is 26.4. The molecular weight excluding hydrogens is 220 g/mol. The van der Waals surface area contributed by atoms with Gasteiger partial charge in [0.15, 0.2) is 11.6 Å². The molecule has 1 aliphatic carbocycles. The molecule has 0 radical (unpaired) electrons. The Morgan fingerprint density at radius 2 is 2.12 bits per heavy atom. The molecule has 3 heteroatoms. The highest BCUT2D eigenvalue weighted by Crippen LogP contribution is 2.20. The van der Waals surface area contributed by atoms with Gasteiger partial charge in [0, 0.05) is 6.04 Å². The monoisotopic (exact) mass is 239 g/mol. The summed E-state index contributed by atoms with van der Waals surface area (Å²) in [6, 6.07) is 5.12. The van der Waals surface area contributed by atoms with Crippen LogP contribution in [0.1, 0.15) is 31.7 Å². The van der Waals surface area contributed by atoms with Crippen LogP contribution in [-0.2, 0) is 6.42 Å². The summed E-state index contributed by atoms with van der Waals surface area (Å²) in [4.78, 5) is 0. The molecule has 1 aliphatic rings. The summed E-state index contributed by atoms with van der Waals surface area (Å²) in [5.41, 5.74) is 0.490. The second-order valence-corrected chi connectivity index (χ2v) is 5.04. The van der Waals surface area contributed by atoms with Gasteiger partial charge in [0.25, 0.3) is 0 Å². The second-order valence-electron chi connectivity index (χ2n) is 5.04. The lowest BCUT2D eigenvalue weighted by Crippen LogP contribution is -2.20. The molecule has 0 bridgehead atoms. The molecule has 1 atom stereocenters. The van der Waals surface area contributed by atoms with E-state index in [1.54, 1.807) is 12.1 Å². The number of nitrogens with one attached hydrogen (secondary N) is 1. The molecule has 1 fully saturated rings. The average Bonchev–Trinajstić information content (AvgIpc) is 3.09. The molecule has 2 rings (SSSR count). The summed E-state index contributed by atoms with van der Waals surface area (Å²) in [5.74, 6) is -1.06. The SMILES string of the molecule is CC(CCNC1CC1)Cc1cccc(F)c1F. The molecule has 0 saturated heterocycles. The maximum Gasteiger partial charge on any atom is 0.162 e. The van der Waals surface area contributed by atoms with Gasteiger partial charge in [-0.05, 0) is 49.8 Å². The summed E-state index contributed by atoms with van der Waals surface area (Å²) in [6.45, 7) is 3.06. The van der Waals surface area contributed by atoms with Crippen molar-refractivity contribution in [2.75, 3.05) is 6.54 Å². The van der Waals surface area contributed by atoms with Crippen molar-refractivity contribution in [3.63, 3.8) is 0 Å². The number of hydrogen-bond acceptors (Lipinski definition) is 1. The van der Waals surface area contributed by atoms with Crippen LogP contribution in [0.25, 0.3) is 0 Å². The topological polar surface area (TPSA) is 12.0 Å². The molecule has 0 aromatic heterocycles. The highest BCUT2D eigenvalue weighted by atomic mass is 19.2. The molecule has 1 unspecified atom stereocenters. The van der Waals surface area contributed by atoms with E-state index in [-0.39, 0.29) is 0 Å². The van der Waals surface area contributed by atoms with Gasteiger partial charge in [-0.25, -0.2) is 8.78 Å². The highest BCUT2D eigenvalue weighted by molar-refractivity contribution is 5.19. The molecule has 1 N–H and O–H groups in total. The molecular formula is C14H19F2N. The van der Waals surface area contributed by atoms with E-state index in [4.69, 9.17) is 0 Å². The first kappa shape index (κ1) is 12.5. The number of benzene rings is 1. The largest absolute Gasteiger partial charge is 0.314 e. The van der Waals surface area contributed by atoms with E-state index < -0.39 is 11.6 Å². The van der Waals surface area contributed by atoms with Gasteiger partial charge < -0.3 is 5.32 Å². The Labute approximate surface area is 101 Å². The fraction of sp³-hybridized carbons (Fsp3) is 0.571. The van der Waals surface area contributed by atoms with Gasteiger partial charge in [0.2, 0.25) is 0 Å². The van der Waals surface area contributed by atoms with Gasteiger partial charge in [-0.1, -0.05) is 19.1 Å². The average molecular weight is 239 g/mol. The van der Waals surface area contributed by atoms with E-state index in [1.165, 1.54) is 12.8 Å². The summed E-state index contributed by atoms with van der Waals surface area (Å²) in [5, 5.41) is 3.43. The number of rotatable bonds is 6.